The summed E-state index contributed by atoms with van der Waals surface area (Å²) in [4.78, 5) is 19.1. The minimum Gasteiger partial charge on any atom is -0.375 e. The molecule has 0 radical (unpaired) electrons. The number of halogens is 1. The highest BCUT2D eigenvalue weighted by atomic mass is 127. The number of carbonyl (C=O) groups is 1. The van der Waals surface area contributed by atoms with E-state index in [1.165, 1.54) is 11.3 Å². The molecule has 0 spiro atoms. The molecule has 3 N–H and O–H groups in total. The molecule has 1 aliphatic rings. The van der Waals surface area contributed by atoms with Crippen molar-refractivity contribution in [3.63, 3.8) is 0 Å². The van der Waals surface area contributed by atoms with Crippen LogP contribution in [0, 0.1) is 0 Å². The molecule has 0 aliphatic carbocycles. The lowest BCUT2D eigenvalue weighted by atomic mass is 9.91. The molecule has 0 saturated heterocycles. The number of guanidine groups is 1. The van der Waals surface area contributed by atoms with Gasteiger partial charge in [0.05, 0.1) is 6.54 Å². The monoisotopic (exact) mass is 535 g/mol. The third-order valence-electron chi connectivity index (χ3n) is 5.33. The zero-order valence-corrected chi connectivity index (χ0v) is 20.8. The zero-order chi connectivity index (χ0) is 21.2. The molecule has 7 heteroatoms. The van der Waals surface area contributed by atoms with Crippen LogP contribution in [-0.4, -0.2) is 45.1 Å². The van der Waals surface area contributed by atoms with E-state index in [-0.39, 0.29) is 35.8 Å². The van der Waals surface area contributed by atoms with Crippen molar-refractivity contribution in [2.24, 2.45) is 4.99 Å². The van der Waals surface area contributed by atoms with Gasteiger partial charge in [0.2, 0.25) is 5.91 Å². The average Bonchev–Trinajstić information content (AvgIpc) is 2.77. The number of hydrogen-bond donors (Lipinski definition) is 3. The van der Waals surface area contributed by atoms with Gasteiger partial charge in [-0.05, 0) is 43.5 Å². The standard InChI is InChI=1S/C24H33N5O.HI/c1-3-25-24(26-15-9-10-16-29(2)20-11-5-4-6-12-20)27-18-19-17-23(30)28-22-14-8-7-13-21(19)22;/h4-8,11-14,19H,3,9-10,15-18H2,1-2H3,(H,28,30)(H2,25,26,27);1H. The Kier molecular flexibility index (Phi) is 10.6. The van der Waals surface area contributed by atoms with Gasteiger partial charge in [-0.25, -0.2) is 0 Å². The van der Waals surface area contributed by atoms with Gasteiger partial charge in [0.15, 0.2) is 5.96 Å². The fraction of sp³-hybridized carbons (Fsp3) is 0.417. The molecule has 1 heterocycles. The number of nitrogens with zero attached hydrogens (tertiary/aromatic N) is 2. The summed E-state index contributed by atoms with van der Waals surface area (Å²) in [6, 6.07) is 18.5. The Morgan fingerprint density at radius 1 is 1.10 bits per heavy atom. The highest BCUT2D eigenvalue weighted by molar-refractivity contribution is 14.0. The molecule has 0 bridgehead atoms. The van der Waals surface area contributed by atoms with E-state index in [9.17, 15) is 4.79 Å². The van der Waals surface area contributed by atoms with Crippen molar-refractivity contribution < 1.29 is 4.79 Å². The molecule has 1 atom stereocenters. The smallest absolute Gasteiger partial charge is 0.225 e. The maximum atomic E-state index is 12.0. The van der Waals surface area contributed by atoms with Crippen molar-refractivity contribution >= 4 is 47.2 Å². The fourth-order valence-electron chi connectivity index (χ4n) is 3.70. The van der Waals surface area contributed by atoms with Gasteiger partial charge in [0, 0.05) is 50.4 Å². The Labute approximate surface area is 202 Å². The molecule has 0 saturated carbocycles. The van der Waals surface area contributed by atoms with E-state index in [2.05, 4.69) is 65.2 Å². The van der Waals surface area contributed by atoms with Gasteiger partial charge in [-0.1, -0.05) is 36.4 Å². The highest BCUT2D eigenvalue weighted by Crippen LogP contribution is 2.31. The first-order valence-corrected chi connectivity index (χ1v) is 10.8. The van der Waals surface area contributed by atoms with E-state index in [0.29, 0.717) is 13.0 Å². The molecular weight excluding hydrogens is 501 g/mol. The Bertz CT molecular complexity index is 843. The maximum absolute atomic E-state index is 12.0. The van der Waals surface area contributed by atoms with Crippen molar-refractivity contribution in [1.29, 1.82) is 0 Å². The molecule has 31 heavy (non-hydrogen) atoms. The summed E-state index contributed by atoms with van der Waals surface area (Å²) in [6.07, 6.45) is 2.65. The lowest BCUT2D eigenvalue weighted by Gasteiger charge is -2.24. The minimum atomic E-state index is 0. The molecule has 1 unspecified atom stereocenters. The largest absolute Gasteiger partial charge is 0.375 e. The molecule has 3 rings (SSSR count). The molecule has 2 aromatic carbocycles. The summed E-state index contributed by atoms with van der Waals surface area (Å²) in [5, 5.41) is 9.69. The minimum absolute atomic E-state index is 0. The van der Waals surface area contributed by atoms with Crippen LogP contribution in [0.4, 0.5) is 11.4 Å². The van der Waals surface area contributed by atoms with Gasteiger partial charge < -0.3 is 20.9 Å². The van der Waals surface area contributed by atoms with Gasteiger partial charge in [-0.15, -0.1) is 24.0 Å². The first kappa shape index (κ1) is 25.0. The van der Waals surface area contributed by atoms with Gasteiger partial charge in [0.1, 0.15) is 0 Å². The Morgan fingerprint density at radius 3 is 2.61 bits per heavy atom. The predicted octanol–water partition coefficient (Wildman–Crippen LogP) is 4.20. The second kappa shape index (κ2) is 13.2. The number of benzene rings is 2. The summed E-state index contributed by atoms with van der Waals surface area (Å²) in [5.74, 6) is 0.997. The van der Waals surface area contributed by atoms with Crippen LogP contribution in [0.15, 0.2) is 59.6 Å². The normalized spacial score (nSPS) is 15.4. The van der Waals surface area contributed by atoms with Crippen molar-refractivity contribution in [1.82, 2.24) is 10.6 Å². The summed E-state index contributed by atoms with van der Waals surface area (Å²) >= 11 is 0. The number of fused-ring (bicyclic) bond motifs is 1. The number of aliphatic imine (C=N–C) groups is 1. The lowest BCUT2D eigenvalue weighted by Crippen LogP contribution is -2.38. The number of unbranched alkanes of at least 4 members (excludes halogenated alkanes) is 1. The molecule has 1 amide bonds. The van der Waals surface area contributed by atoms with Crippen molar-refractivity contribution in [2.45, 2.75) is 32.1 Å². The van der Waals surface area contributed by atoms with Gasteiger partial charge >= 0.3 is 0 Å². The van der Waals surface area contributed by atoms with E-state index < -0.39 is 0 Å². The average molecular weight is 535 g/mol. The Balaban J connectivity index is 0.00000341. The summed E-state index contributed by atoms with van der Waals surface area (Å²) in [6.45, 7) is 5.36. The van der Waals surface area contributed by atoms with Crippen LogP contribution in [0.25, 0.3) is 0 Å². The SMILES string of the molecule is CCNC(=NCC1CC(=O)Nc2ccccc21)NCCCCN(C)c1ccccc1.I. The van der Waals surface area contributed by atoms with Gasteiger partial charge in [-0.3, -0.25) is 9.79 Å². The third kappa shape index (κ3) is 7.72. The fourth-order valence-corrected chi connectivity index (χ4v) is 3.70. The zero-order valence-electron chi connectivity index (χ0n) is 18.4. The number of nitrogens with one attached hydrogen (secondary N) is 3. The summed E-state index contributed by atoms with van der Waals surface area (Å²) in [7, 11) is 2.13. The van der Waals surface area contributed by atoms with Crippen molar-refractivity contribution in [3.05, 3.63) is 60.2 Å². The molecule has 168 valence electrons. The first-order valence-electron chi connectivity index (χ1n) is 10.8. The number of amides is 1. The van der Waals surface area contributed by atoms with Crippen molar-refractivity contribution in [3.8, 4) is 0 Å². The number of hydrogen-bond acceptors (Lipinski definition) is 3. The molecule has 2 aromatic rings. The van der Waals surface area contributed by atoms with E-state index in [1.54, 1.807) is 0 Å². The second-order valence-corrected chi connectivity index (χ2v) is 7.65. The van der Waals surface area contributed by atoms with Gasteiger partial charge in [-0.2, -0.15) is 0 Å². The predicted molar refractivity (Wildman–Crippen MR) is 141 cm³/mol. The Hall–Kier alpha value is -2.29. The maximum Gasteiger partial charge on any atom is 0.225 e. The van der Waals surface area contributed by atoms with E-state index in [4.69, 9.17) is 4.99 Å². The van der Waals surface area contributed by atoms with Crippen LogP contribution in [-0.2, 0) is 4.79 Å². The molecule has 0 fully saturated rings. The third-order valence-corrected chi connectivity index (χ3v) is 5.33. The summed E-state index contributed by atoms with van der Waals surface area (Å²) < 4.78 is 0. The van der Waals surface area contributed by atoms with Crippen LogP contribution >= 0.6 is 24.0 Å². The topological polar surface area (TPSA) is 68.8 Å². The van der Waals surface area contributed by atoms with Crippen LogP contribution in [0.1, 0.15) is 37.7 Å². The number of anilines is 2. The van der Waals surface area contributed by atoms with E-state index in [1.807, 2.05) is 24.3 Å². The molecular formula is C24H34IN5O. The number of carbonyl (C=O) groups excluding carboxylic acids is 1. The Morgan fingerprint density at radius 2 is 1.84 bits per heavy atom. The van der Waals surface area contributed by atoms with Crippen LogP contribution in [0.2, 0.25) is 0 Å². The first-order chi connectivity index (χ1) is 14.7. The quantitative estimate of drug-likeness (QED) is 0.195. The van der Waals surface area contributed by atoms with E-state index in [0.717, 1.165) is 44.1 Å². The van der Waals surface area contributed by atoms with Gasteiger partial charge in [0.25, 0.3) is 0 Å². The van der Waals surface area contributed by atoms with Crippen LogP contribution in [0.3, 0.4) is 0 Å². The molecule has 6 nitrogen and oxygen atoms in total. The number of rotatable bonds is 9. The second-order valence-electron chi connectivity index (χ2n) is 7.65. The molecule has 1 aliphatic heterocycles. The molecule has 0 aromatic heterocycles. The van der Waals surface area contributed by atoms with Crippen molar-refractivity contribution in [2.75, 3.05) is 43.4 Å². The van der Waals surface area contributed by atoms with E-state index >= 15 is 0 Å². The number of para-hydroxylation sites is 2. The lowest BCUT2D eigenvalue weighted by molar-refractivity contribution is -0.116. The summed E-state index contributed by atoms with van der Waals surface area (Å²) in [5.41, 5.74) is 3.33. The van der Waals surface area contributed by atoms with Crippen LogP contribution in [0.5, 0.6) is 0 Å². The van der Waals surface area contributed by atoms with Crippen LogP contribution < -0.4 is 20.9 Å². The highest BCUT2D eigenvalue weighted by Gasteiger charge is 2.24.